The van der Waals surface area contributed by atoms with Crippen molar-refractivity contribution in [2.75, 3.05) is 0 Å². The van der Waals surface area contributed by atoms with E-state index in [4.69, 9.17) is 0 Å². The summed E-state index contributed by atoms with van der Waals surface area (Å²) in [6, 6.07) is 9.82. The Hall–Kier alpha value is -0.860. The molecule has 0 saturated heterocycles. The molecule has 2 heteroatoms. The lowest BCUT2D eigenvalue weighted by molar-refractivity contribution is 0.0137. The Kier molecular flexibility index (Phi) is 6.90. The van der Waals surface area contributed by atoms with Crippen LogP contribution in [0.15, 0.2) is 30.3 Å². The summed E-state index contributed by atoms with van der Waals surface area (Å²) in [4.78, 5) is 0. The predicted octanol–water partition coefficient (Wildman–Crippen LogP) is 2.92. The summed E-state index contributed by atoms with van der Waals surface area (Å²) >= 11 is 0. The van der Waals surface area contributed by atoms with Crippen LogP contribution in [0.3, 0.4) is 0 Å². The van der Waals surface area contributed by atoms with Crippen LogP contribution in [0.5, 0.6) is 0 Å². The maximum Gasteiger partial charge on any atom is 0.0839 e. The first kappa shape index (κ1) is 14.2. The summed E-state index contributed by atoms with van der Waals surface area (Å²) in [6.07, 6.45) is 4.56. The molecule has 1 rings (SSSR count). The molecule has 0 aliphatic rings. The topological polar surface area (TPSA) is 40.5 Å². The Morgan fingerprint density at radius 1 is 0.941 bits per heavy atom. The van der Waals surface area contributed by atoms with Gasteiger partial charge in [0, 0.05) is 6.42 Å². The molecule has 0 fully saturated rings. The van der Waals surface area contributed by atoms with Crippen LogP contribution >= 0.6 is 0 Å². The smallest absolute Gasteiger partial charge is 0.0839 e. The molecule has 2 nitrogen and oxygen atoms in total. The highest BCUT2D eigenvalue weighted by molar-refractivity contribution is 5.15. The molecule has 0 heterocycles. The largest absolute Gasteiger partial charge is 0.390 e. The van der Waals surface area contributed by atoms with Gasteiger partial charge in [0.05, 0.1) is 12.2 Å². The van der Waals surface area contributed by atoms with Crippen molar-refractivity contribution in [2.45, 2.75) is 57.7 Å². The van der Waals surface area contributed by atoms with E-state index in [1.807, 2.05) is 30.3 Å². The third kappa shape index (κ3) is 5.85. The molecule has 17 heavy (non-hydrogen) atoms. The van der Waals surface area contributed by atoms with Gasteiger partial charge in [0.1, 0.15) is 0 Å². The standard InChI is InChI=1S/C15H24O2/c1-2-3-4-8-11-14(16)15(17)12-13-9-6-5-7-10-13/h5-7,9-10,14-17H,2-4,8,11-12H2,1H3. The average Bonchev–Trinajstić information content (AvgIpc) is 2.35. The van der Waals surface area contributed by atoms with Crippen LogP contribution in [0.2, 0.25) is 0 Å². The SMILES string of the molecule is CCCCCCC(O)C(O)Cc1ccccc1. The van der Waals surface area contributed by atoms with E-state index in [-0.39, 0.29) is 0 Å². The first-order valence-corrected chi connectivity index (χ1v) is 6.64. The minimum absolute atomic E-state index is 0.537. The number of aliphatic hydroxyl groups excluding tert-OH is 2. The molecule has 0 radical (unpaired) electrons. The molecule has 2 unspecified atom stereocenters. The zero-order valence-corrected chi connectivity index (χ0v) is 10.7. The van der Waals surface area contributed by atoms with Crippen molar-refractivity contribution in [2.24, 2.45) is 0 Å². The fraction of sp³-hybridized carbons (Fsp3) is 0.600. The Morgan fingerprint density at radius 2 is 1.65 bits per heavy atom. The van der Waals surface area contributed by atoms with E-state index in [1.54, 1.807) is 0 Å². The van der Waals surface area contributed by atoms with Crippen molar-refractivity contribution < 1.29 is 10.2 Å². The van der Waals surface area contributed by atoms with Crippen LogP contribution in [0.25, 0.3) is 0 Å². The second kappa shape index (κ2) is 8.26. The van der Waals surface area contributed by atoms with Gasteiger partial charge < -0.3 is 10.2 Å². The summed E-state index contributed by atoms with van der Waals surface area (Å²) in [5.74, 6) is 0. The van der Waals surface area contributed by atoms with E-state index in [0.717, 1.165) is 18.4 Å². The van der Waals surface area contributed by atoms with E-state index >= 15 is 0 Å². The predicted molar refractivity (Wildman–Crippen MR) is 70.9 cm³/mol. The highest BCUT2D eigenvalue weighted by Gasteiger charge is 2.15. The maximum absolute atomic E-state index is 9.88. The van der Waals surface area contributed by atoms with Gasteiger partial charge in [0.15, 0.2) is 0 Å². The van der Waals surface area contributed by atoms with Gasteiger partial charge in [0.25, 0.3) is 0 Å². The Labute approximate surface area is 104 Å². The van der Waals surface area contributed by atoms with Crippen molar-refractivity contribution in [1.29, 1.82) is 0 Å². The second-order valence-electron chi connectivity index (χ2n) is 4.67. The number of unbranched alkanes of at least 4 members (excludes halogenated alkanes) is 3. The van der Waals surface area contributed by atoms with E-state index in [1.165, 1.54) is 12.8 Å². The first-order valence-electron chi connectivity index (χ1n) is 6.64. The van der Waals surface area contributed by atoms with Crippen molar-refractivity contribution in [3.05, 3.63) is 35.9 Å². The van der Waals surface area contributed by atoms with Gasteiger partial charge in [-0.05, 0) is 12.0 Å². The highest BCUT2D eigenvalue weighted by Crippen LogP contribution is 2.12. The summed E-state index contributed by atoms with van der Waals surface area (Å²) in [6.45, 7) is 2.17. The molecular weight excluding hydrogens is 212 g/mol. The number of aliphatic hydroxyl groups is 2. The third-order valence-electron chi connectivity index (χ3n) is 3.09. The van der Waals surface area contributed by atoms with Crippen molar-refractivity contribution in [1.82, 2.24) is 0 Å². The van der Waals surface area contributed by atoms with E-state index in [0.29, 0.717) is 12.8 Å². The molecule has 2 N–H and O–H groups in total. The number of benzene rings is 1. The molecule has 2 atom stereocenters. The molecule has 1 aromatic rings. The maximum atomic E-state index is 9.88. The summed E-state index contributed by atoms with van der Waals surface area (Å²) in [7, 11) is 0. The molecule has 0 aliphatic carbocycles. The van der Waals surface area contributed by atoms with Crippen LogP contribution < -0.4 is 0 Å². The van der Waals surface area contributed by atoms with Crippen LogP contribution in [-0.4, -0.2) is 22.4 Å². The second-order valence-corrected chi connectivity index (χ2v) is 4.67. The summed E-state index contributed by atoms with van der Waals surface area (Å²) in [5.41, 5.74) is 1.08. The molecule has 0 amide bonds. The molecule has 0 aliphatic heterocycles. The monoisotopic (exact) mass is 236 g/mol. The van der Waals surface area contributed by atoms with Gasteiger partial charge in [-0.15, -0.1) is 0 Å². The van der Waals surface area contributed by atoms with Crippen molar-refractivity contribution in [3.8, 4) is 0 Å². The average molecular weight is 236 g/mol. The zero-order chi connectivity index (χ0) is 12.5. The van der Waals surface area contributed by atoms with Crippen molar-refractivity contribution >= 4 is 0 Å². The lowest BCUT2D eigenvalue weighted by Gasteiger charge is -2.17. The molecule has 0 spiro atoms. The minimum atomic E-state index is -0.640. The van der Waals surface area contributed by atoms with Gasteiger partial charge in [-0.2, -0.15) is 0 Å². The van der Waals surface area contributed by atoms with Crippen molar-refractivity contribution in [3.63, 3.8) is 0 Å². The number of rotatable bonds is 8. The van der Waals surface area contributed by atoms with Gasteiger partial charge in [0.2, 0.25) is 0 Å². The van der Waals surface area contributed by atoms with Gasteiger partial charge >= 0.3 is 0 Å². The molecule has 96 valence electrons. The van der Waals surface area contributed by atoms with Gasteiger partial charge in [-0.25, -0.2) is 0 Å². The molecule has 1 aromatic carbocycles. The Balaban J connectivity index is 2.24. The minimum Gasteiger partial charge on any atom is -0.390 e. The molecule has 0 aromatic heterocycles. The normalized spacial score (nSPS) is 14.5. The van der Waals surface area contributed by atoms with Crippen LogP contribution in [-0.2, 0) is 6.42 Å². The first-order chi connectivity index (χ1) is 8.24. The fourth-order valence-corrected chi connectivity index (χ4v) is 1.96. The quantitative estimate of drug-likeness (QED) is 0.681. The number of hydrogen-bond acceptors (Lipinski definition) is 2. The molecule has 0 saturated carbocycles. The van der Waals surface area contributed by atoms with E-state index < -0.39 is 12.2 Å². The summed E-state index contributed by atoms with van der Waals surface area (Å²) < 4.78 is 0. The summed E-state index contributed by atoms with van der Waals surface area (Å²) in [5, 5.41) is 19.7. The van der Waals surface area contributed by atoms with Gasteiger partial charge in [-0.3, -0.25) is 0 Å². The Bertz CT molecular complexity index is 284. The van der Waals surface area contributed by atoms with Crippen LogP contribution in [0.4, 0.5) is 0 Å². The van der Waals surface area contributed by atoms with Gasteiger partial charge in [-0.1, -0.05) is 62.9 Å². The van der Waals surface area contributed by atoms with Crippen LogP contribution in [0.1, 0.15) is 44.6 Å². The molecule has 0 bridgehead atoms. The molecular formula is C15H24O2. The van der Waals surface area contributed by atoms with E-state index in [2.05, 4.69) is 6.92 Å². The lowest BCUT2D eigenvalue weighted by Crippen LogP contribution is -2.27. The number of hydrogen-bond donors (Lipinski definition) is 2. The Morgan fingerprint density at radius 3 is 2.29 bits per heavy atom. The fourth-order valence-electron chi connectivity index (χ4n) is 1.96. The lowest BCUT2D eigenvalue weighted by atomic mass is 9.99. The highest BCUT2D eigenvalue weighted by atomic mass is 16.3. The van der Waals surface area contributed by atoms with Crippen LogP contribution in [0, 0.1) is 0 Å². The third-order valence-corrected chi connectivity index (χ3v) is 3.09. The van der Waals surface area contributed by atoms with E-state index in [9.17, 15) is 10.2 Å². The zero-order valence-electron chi connectivity index (χ0n) is 10.7.